The second kappa shape index (κ2) is 3.03. The molecule has 62 valence electrons. The van der Waals surface area contributed by atoms with Crippen LogP contribution in [0, 0.1) is 5.92 Å². The van der Waals surface area contributed by atoms with Crippen molar-refractivity contribution in [2.45, 2.75) is 32.8 Å². The van der Waals surface area contributed by atoms with Crippen LogP contribution in [-0.4, -0.2) is 17.9 Å². The van der Waals surface area contributed by atoms with Crippen molar-refractivity contribution in [3.8, 4) is 0 Å². The number of hydrogen-bond donors (Lipinski definition) is 0. The lowest BCUT2D eigenvalue weighted by Crippen LogP contribution is -2.24. The topological polar surface area (TPSA) is 43.4 Å². The van der Waals surface area contributed by atoms with Crippen LogP contribution in [-0.2, 0) is 14.3 Å². The van der Waals surface area contributed by atoms with Gasteiger partial charge < -0.3 is 4.74 Å². The summed E-state index contributed by atoms with van der Waals surface area (Å²) in [5, 5.41) is 0. The van der Waals surface area contributed by atoms with Gasteiger partial charge in [-0.3, -0.25) is 9.59 Å². The average Bonchev–Trinajstić information content (AvgIpc) is 2.34. The van der Waals surface area contributed by atoms with Crippen LogP contribution in [0.4, 0.5) is 0 Å². The molecule has 1 atom stereocenters. The minimum absolute atomic E-state index is 0.0362. The largest absolute Gasteiger partial charge is 0.454 e. The van der Waals surface area contributed by atoms with Gasteiger partial charge in [-0.25, -0.2) is 0 Å². The summed E-state index contributed by atoms with van der Waals surface area (Å²) in [6, 6.07) is 0. The molecule has 0 radical (unpaired) electrons. The number of ketones is 1. The predicted octanol–water partition coefficient (Wildman–Crippen LogP) is 0.917. The van der Waals surface area contributed by atoms with E-state index in [2.05, 4.69) is 0 Å². The normalized spacial score (nSPS) is 23.9. The zero-order chi connectivity index (χ0) is 8.43. The standard InChI is InChI=1S/C8H12O3/c1-5(2)8(10)6-3-4-7(9)11-6/h5-6H,3-4H2,1-2H3. The van der Waals surface area contributed by atoms with Crippen molar-refractivity contribution in [3.05, 3.63) is 0 Å². The zero-order valence-corrected chi connectivity index (χ0v) is 6.79. The highest BCUT2D eigenvalue weighted by Crippen LogP contribution is 2.17. The van der Waals surface area contributed by atoms with E-state index in [0.29, 0.717) is 12.8 Å². The summed E-state index contributed by atoms with van der Waals surface area (Å²) < 4.78 is 4.80. The maximum Gasteiger partial charge on any atom is 0.306 e. The lowest BCUT2D eigenvalue weighted by molar-refractivity contribution is -0.148. The van der Waals surface area contributed by atoms with E-state index in [1.807, 2.05) is 13.8 Å². The molecule has 0 aromatic carbocycles. The SMILES string of the molecule is CC(C)C(=O)C1CCC(=O)O1. The summed E-state index contributed by atoms with van der Waals surface area (Å²) in [5.74, 6) is -0.245. The van der Waals surface area contributed by atoms with E-state index in [-0.39, 0.29) is 17.7 Å². The maximum atomic E-state index is 11.2. The molecule has 0 bridgehead atoms. The van der Waals surface area contributed by atoms with Crippen LogP contribution >= 0.6 is 0 Å². The molecule has 0 aliphatic carbocycles. The van der Waals surface area contributed by atoms with Crippen LogP contribution in [0.25, 0.3) is 0 Å². The van der Waals surface area contributed by atoms with Crippen molar-refractivity contribution in [2.24, 2.45) is 5.92 Å². The summed E-state index contributed by atoms with van der Waals surface area (Å²) in [6.07, 6.45) is 0.501. The quantitative estimate of drug-likeness (QED) is 0.558. The molecular weight excluding hydrogens is 144 g/mol. The molecule has 0 saturated carbocycles. The summed E-state index contributed by atoms with van der Waals surface area (Å²) in [4.78, 5) is 21.8. The fraction of sp³-hybridized carbons (Fsp3) is 0.750. The molecule has 1 aliphatic heterocycles. The Hall–Kier alpha value is -0.860. The van der Waals surface area contributed by atoms with Gasteiger partial charge in [0.05, 0.1) is 0 Å². The Bertz CT molecular complexity index is 184. The van der Waals surface area contributed by atoms with Crippen molar-refractivity contribution in [1.29, 1.82) is 0 Å². The maximum absolute atomic E-state index is 11.2. The molecule has 1 fully saturated rings. The Kier molecular flexibility index (Phi) is 2.27. The predicted molar refractivity (Wildman–Crippen MR) is 39.0 cm³/mol. The van der Waals surface area contributed by atoms with Crippen LogP contribution in [0.1, 0.15) is 26.7 Å². The third-order valence-corrected chi connectivity index (χ3v) is 1.77. The van der Waals surface area contributed by atoms with Crippen LogP contribution in [0.3, 0.4) is 0 Å². The lowest BCUT2D eigenvalue weighted by Gasteiger charge is -2.09. The Balaban J connectivity index is 2.50. The van der Waals surface area contributed by atoms with Gasteiger partial charge in [0.15, 0.2) is 11.9 Å². The molecule has 1 aliphatic rings. The van der Waals surface area contributed by atoms with Crippen LogP contribution in [0.5, 0.6) is 0 Å². The van der Waals surface area contributed by atoms with Crippen LogP contribution in [0.2, 0.25) is 0 Å². The molecule has 11 heavy (non-hydrogen) atoms. The van der Waals surface area contributed by atoms with Gasteiger partial charge in [-0.2, -0.15) is 0 Å². The minimum atomic E-state index is -0.456. The number of rotatable bonds is 2. The number of ether oxygens (including phenoxy) is 1. The molecule has 0 N–H and O–H groups in total. The molecule has 1 unspecified atom stereocenters. The average molecular weight is 156 g/mol. The first-order chi connectivity index (χ1) is 5.11. The van der Waals surface area contributed by atoms with Gasteiger partial charge >= 0.3 is 5.97 Å². The van der Waals surface area contributed by atoms with E-state index < -0.39 is 6.10 Å². The fourth-order valence-corrected chi connectivity index (χ4v) is 1.10. The Labute approximate surface area is 65.7 Å². The molecule has 1 saturated heterocycles. The number of carbonyl (C=O) groups is 2. The first-order valence-corrected chi connectivity index (χ1v) is 3.84. The highest BCUT2D eigenvalue weighted by Gasteiger charge is 2.30. The fourth-order valence-electron chi connectivity index (χ4n) is 1.10. The highest BCUT2D eigenvalue weighted by atomic mass is 16.6. The Morgan fingerprint density at radius 2 is 2.27 bits per heavy atom. The third-order valence-electron chi connectivity index (χ3n) is 1.77. The Morgan fingerprint density at radius 3 is 2.64 bits per heavy atom. The van der Waals surface area contributed by atoms with Gasteiger partial charge in [0.25, 0.3) is 0 Å². The third kappa shape index (κ3) is 1.79. The van der Waals surface area contributed by atoms with E-state index >= 15 is 0 Å². The minimum Gasteiger partial charge on any atom is -0.454 e. The van der Waals surface area contributed by atoms with Crippen LogP contribution < -0.4 is 0 Å². The van der Waals surface area contributed by atoms with E-state index in [9.17, 15) is 9.59 Å². The van der Waals surface area contributed by atoms with Crippen molar-refractivity contribution < 1.29 is 14.3 Å². The summed E-state index contributed by atoms with van der Waals surface area (Å²) >= 11 is 0. The molecular formula is C8H12O3. The molecule has 0 amide bonds. The van der Waals surface area contributed by atoms with Crippen molar-refractivity contribution in [1.82, 2.24) is 0 Å². The smallest absolute Gasteiger partial charge is 0.306 e. The molecule has 3 heteroatoms. The molecule has 3 nitrogen and oxygen atoms in total. The van der Waals surface area contributed by atoms with E-state index in [0.717, 1.165) is 0 Å². The Morgan fingerprint density at radius 1 is 1.64 bits per heavy atom. The second-order valence-corrected chi connectivity index (χ2v) is 3.07. The molecule has 1 rings (SSSR count). The van der Waals surface area contributed by atoms with E-state index in [4.69, 9.17) is 4.74 Å². The van der Waals surface area contributed by atoms with Gasteiger partial charge in [0, 0.05) is 18.8 Å². The van der Waals surface area contributed by atoms with Gasteiger partial charge in [-0.15, -0.1) is 0 Å². The molecule has 1 heterocycles. The van der Waals surface area contributed by atoms with Gasteiger partial charge in [0.1, 0.15) is 0 Å². The van der Waals surface area contributed by atoms with Crippen LogP contribution in [0.15, 0.2) is 0 Å². The molecule has 0 aromatic heterocycles. The first kappa shape index (κ1) is 8.24. The number of cyclic esters (lactones) is 1. The number of Topliss-reactive ketones (excluding diaryl/α,β-unsaturated/α-hetero) is 1. The van der Waals surface area contributed by atoms with E-state index in [1.165, 1.54) is 0 Å². The lowest BCUT2D eigenvalue weighted by atomic mass is 10.0. The number of carbonyl (C=O) groups excluding carboxylic acids is 2. The van der Waals surface area contributed by atoms with E-state index in [1.54, 1.807) is 0 Å². The van der Waals surface area contributed by atoms with Crippen molar-refractivity contribution in [3.63, 3.8) is 0 Å². The second-order valence-electron chi connectivity index (χ2n) is 3.07. The summed E-state index contributed by atoms with van der Waals surface area (Å²) in [7, 11) is 0. The van der Waals surface area contributed by atoms with Gasteiger partial charge in [-0.05, 0) is 0 Å². The summed E-state index contributed by atoms with van der Waals surface area (Å²) in [6.45, 7) is 3.63. The van der Waals surface area contributed by atoms with Crippen molar-refractivity contribution >= 4 is 11.8 Å². The van der Waals surface area contributed by atoms with Crippen molar-refractivity contribution in [2.75, 3.05) is 0 Å². The number of hydrogen-bond acceptors (Lipinski definition) is 3. The molecule has 0 spiro atoms. The van der Waals surface area contributed by atoms with Gasteiger partial charge in [0.2, 0.25) is 0 Å². The summed E-state index contributed by atoms with van der Waals surface area (Å²) in [5.41, 5.74) is 0. The zero-order valence-electron chi connectivity index (χ0n) is 6.79. The van der Waals surface area contributed by atoms with Gasteiger partial charge in [-0.1, -0.05) is 13.8 Å². The monoisotopic (exact) mass is 156 g/mol. The molecule has 0 aromatic rings. The number of esters is 1. The highest BCUT2D eigenvalue weighted by molar-refractivity contribution is 5.89. The first-order valence-electron chi connectivity index (χ1n) is 3.84.